The molecule has 1 aliphatic rings. The van der Waals surface area contributed by atoms with Crippen molar-refractivity contribution in [1.82, 2.24) is 5.32 Å². The van der Waals surface area contributed by atoms with E-state index in [0.29, 0.717) is 14.8 Å². The average Bonchev–Trinajstić information content (AvgIpc) is 2.98. The SMILES string of the molecule is O=C1NC(=S)S/C1=C/c1cccc(OC(=O)c2cc([N+](=O)[O-])cc([N+](=O)[O-])c2)c1. The van der Waals surface area contributed by atoms with Gasteiger partial charge in [-0.3, -0.25) is 25.0 Å². The van der Waals surface area contributed by atoms with Crippen molar-refractivity contribution in [3.05, 3.63) is 78.7 Å². The van der Waals surface area contributed by atoms with Crippen molar-refractivity contribution < 1.29 is 24.2 Å². The molecule has 1 aliphatic heterocycles. The van der Waals surface area contributed by atoms with Gasteiger partial charge in [-0.15, -0.1) is 0 Å². The quantitative estimate of drug-likeness (QED) is 0.188. The van der Waals surface area contributed by atoms with Crippen molar-refractivity contribution in [2.24, 2.45) is 0 Å². The second kappa shape index (κ2) is 8.16. The molecule has 2 aromatic carbocycles. The Morgan fingerprint density at radius 1 is 1.10 bits per heavy atom. The molecule has 2 aromatic rings. The zero-order valence-electron chi connectivity index (χ0n) is 14.2. The van der Waals surface area contributed by atoms with E-state index in [0.717, 1.165) is 30.0 Å². The van der Waals surface area contributed by atoms with Gasteiger partial charge in [0.15, 0.2) is 0 Å². The number of nitrogens with zero attached hydrogens (tertiary/aromatic N) is 2. The normalized spacial score (nSPS) is 14.6. The van der Waals surface area contributed by atoms with Gasteiger partial charge in [0, 0.05) is 12.1 Å². The lowest BCUT2D eigenvalue weighted by molar-refractivity contribution is -0.394. The summed E-state index contributed by atoms with van der Waals surface area (Å²) in [6.45, 7) is 0. The van der Waals surface area contributed by atoms with Crippen molar-refractivity contribution in [3.63, 3.8) is 0 Å². The number of esters is 1. The van der Waals surface area contributed by atoms with Crippen LogP contribution in [0.15, 0.2) is 47.4 Å². The van der Waals surface area contributed by atoms with Gasteiger partial charge >= 0.3 is 5.97 Å². The van der Waals surface area contributed by atoms with Gasteiger partial charge in [0.2, 0.25) is 0 Å². The van der Waals surface area contributed by atoms with Crippen LogP contribution < -0.4 is 10.1 Å². The fraction of sp³-hybridized carbons (Fsp3) is 0. The van der Waals surface area contributed by atoms with E-state index in [1.807, 2.05) is 0 Å². The molecule has 12 heteroatoms. The van der Waals surface area contributed by atoms with Gasteiger partial charge in [-0.1, -0.05) is 36.1 Å². The zero-order chi connectivity index (χ0) is 21.1. The largest absolute Gasteiger partial charge is 0.423 e. The number of hydrogen-bond donors (Lipinski definition) is 1. The number of rotatable bonds is 5. The number of thiocarbonyl (C=S) groups is 1. The highest BCUT2D eigenvalue weighted by atomic mass is 32.2. The van der Waals surface area contributed by atoms with E-state index in [1.165, 1.54) is 12.1 Å². The van der Waals surface area contributed by atoms with Crippen molar-refractivity contribution in [3.8, 4) is 5.75 Å². The number of hydrogen-bond acceptors (Lipinski definition) is 9. The molecular weight excluding hydrogens is 422 g/mol. The lowest BCUT2D eigenvalue weighted by Crippen LogP contribution is -2.17. The third-order valence-corrected chi connectivity index (χ3v) is 4.73. The summed E-state index contributed by atoms with van der Waals surface area (Å²) >= 11 is 6.00. The first-order chi connectivity index (χ1) is 13.7. The Balaban J connectivity index is 1.85. The van der Waals surface area contributed by atoms with E-state index in [-0.39, 0.29) is 17.2 Å². The summed E-state index contributed by atoms with van der Waals surface area (Å²) < 4.78 is 5.51. The van der Waals surface area contributed by atoms with E-state index in [1.54, 1.807) is 18.2 Å². The number of benzene rings is 2. The van der Waals surface area contributed by atoms with E-state index in [9.17, 15) is 29.8 Å². The highest BCUT2D eigenvalue weighted by Crippen LogP contribution is 2.28. The molecule has 0 aliphatic carbocycles. The molecule has 1 N–H and O–H groups in total. The summed E-state index contributed by atoms with van der Waals surface area (Å²) in [7, 11) is 0. The molecule has 1 amide bonds. The molecule has 10 nitrogen and oxygen atoms in total. The molecule has 0 atom stereocenters. The van der Waals surface area contributed by atoms with Crippen molar-refractivity contribution in [2.75, 3.05) is 0 Å². The molecule has 0 radical (unpaired) electrons. The first kappa shape index (κ1) is 20.1. The third-order valence-electron chi connectivity index (χ3n) is 3.57. The highest BCUT2D eigenvalue weighted by molar-refractivity contribution is 8.26. The summed E-state index contributed by atoms with van der Waals surface area (Å²) in [5.74, 6) is -1.26. The molecule has 146 valence electrons. The lowest BCUT2D eigenvalue weighted by Gasteiger charge is -2.06. The van der Waals surface area contributed by atoms with E-state index in [2.05, 4.69) is 5.32 Å². The summed E-state index contributed by atoms with van der Waals surface area (Å²) in [5.41, 5.74) is -1.01. The van der Waals surface area contributed by atoms with Crippen LogP contribution in [-0.2, 0) is 4.79 Å². The molecule has 1 heterocycles. The molecule has 3 rings (SSSR count). The minimum absolute atomic E-state index is 0.0875. The number of nitro benzene ring substituents is 2. The van der Waals surface area contributed by atoms with Gasteiger partial charge in [-0.25, -0.2) is 4.79 Å². The second-order valence-corrected chi connectivity index (χ2v) is 7.29. The third kappa shape index (κ3) is 4.80. The minimum atomic E-state index is -1.00. The molecule has 0 spiro atoms. The Hall–Kier alpha value is -3.64. The smallest absolute Gasteiger partial charge is 0.344 e. The van der Waals surface area contributed by atoms with Gasteiger partial charge in [-0.05, 0) is 23.8 Å². The lowest BCUT2D eigenvalue weighted by atomic mass is 10.1. The molecule has 1 fully saturated rings. The topological polar surface area (TPSA) is 142 Å². The molecule has 0 bridgehead atoms. The second-order valence-electron chi connectivity index (χ2n) is 5.57. The van der Waals surface area contributed by atoms with Crippen LogP contribution in [0.1, 0.15) is 15.9 Å². The zero-order valence-corrected chi connectivity index (χ0v) is 15.8. The first-order valence-electron chi connectivity index (χ1n) is 7.74. The number of amides is 1. The van der Waals surface area contributed by atoms with Crippen LogP contribution >= 0.6 is 24.0 Å². The Morgan fingerprint density at radius 2 is 1.76 bits per heavy atom. The van der Waals surface area contributed by atoms with Crippen LogP contribution in [0.25, 0.3) is 6.08 Å². The van der Waals surface area contributed by atoms with E-state index in [4.69, 9.17) is 17.0 Å². The van der Waals surface area contributed by atoms with E-state index >= 15 is 0 Å². The summed E-state index contributed by atoms with van der Waals surface area (Å²) in [6.07, 6.45) is 1.55. The number of carbonyl (C=O) groups is 2. The van der Waals surface area contributed by atoms with E-state index < -0.39 is 27.2 Å². The predicted molar refractivity (Wildman–Crippen MR) is 107 cm³/mol. The standard InChI is InChI=1S/C17H9N3O7S2/c21-15-14(29-17(28)18-15)5-9-2-1-3-13(4-9)27-16(22)10-6-11(19(23)24)8-12(7-10)20(25)26/h1-8H,(H,18,21,28)/b14-5+. The summed E-state index contributed by atoms with van der Waals surface area (Å²) in [5, 5.41) is 24.4. The maximum absolute atomic E-state index is 12.3. The molecule has 0 aromatic heterocycles. The van der Waals surface area contributed by atoms with Crippen LogP contribution in [-0.4, -0.2) is 26.0 Å². The maximum atomic E-state index is 12.3. The molecular formula is C17H9N3O7S2. The Labute approximate surface area is 171 Å². The van der Waals surface area contributed by atoms with Crippen molar-refractivity contribution >= 4 is 57.6 Å². The Bertz CT molecular complexity index is 1080. The number of nitrogens with one attached hydrogen (secondary N) is 1. The number of non-ortho nitro benzene ring substituents is 2. The first-order valence-corrected chi connectivity index (χ1v) is 8.96. The molecule has 29 heavy (non-hydrogen) atoms. The van der Waals surface area contributed by atoms with Crippen LogP contribution in [0.4, 0.5) is 11.4 Å². The molecule has 0 unspecified atom stereocenters. The highest BCUT2D eigenvalue weighted by Gasteiger charge is 2.23. The fourth-order valence-corrected chi connectivity index (χ4v) is 3.37. The van der Waals surface area contributed by atoms with Crippen LogP contribution in [0.3, 0.4) is 0 Å². The predicted octanol–water partition coefficient (Wildman–Crippen LogP) is 3.21. The number of thioether (sulfide) groups is 1. The Kier molecular flexibility index (Phi) is 5.66. The molecule has 1 saturated heterocycles. The Morgan fingerprint density at radius 3 is 2.31 bits per heavy atom. The fourth-order valence-electron chi connectivity index (χ4n) is 2.33. The van der Waals surface area contributed by atoms with Gasteiger partial charge in [0.1, 0.15) is 10.1 Å². The van der Waals surface area contributed by atoms with Gasteiger partial charge in [0.25, 0.3) is 17.3 Å². The van der Waals surface area contributed by atoms with Crippen molar-refractivity contribution in [1.29, 1.82) is 0 Å². The summed E-state index contributed by atoms with van der Waals surface area (Å²) in [6, 6.07) is 8.68. The van der Waals surface area contributed by atoms with Gasteiger partial charge in [0.05, 0.1) is 26.4 Å². The van der Waals surface area contributed by atoms with Crippen LogP contribution in [0.2, 0.25) is 0 Å². The number of nitro groups is 2. The minimum Gasteiger partial charge on any atom is -0.423 e. The maximum Gasteiger partial charge on any atom is 0.344 e. The van der Waals surface area contributed by atoms with Crippen LogP contribution in [0, 0.1) is 20.2 Å². The molecule has 0 saturated carbocycles. The average molecular weight is 431 g/mol. The number of carbonyl (C=O) groups excluding carboxylic acids is 2. The number of ether oxygens (including phenoxy) is 1. The van der Waals surface area contributed by atoms with Gasteiger partial charge in [-0.2, -0.15) is 0 Å². The van der Waals surface area contributed by atoms with Crippen molar-refractivity contribution in [2.45, 2.75) is 0 Å². The summed E-state index contributed by atoms with van der Waals surface area (Å²) in [4.78, 5) is 44.7. The monoisotopic (exact) mass is 431 g/mol. The van der Waals surface area contributed by atoms with Crippen LogP contribution in [0.5, 0.6) is 5.75 Å². The van der Waals surface area contributed by atoms with Gasteiger partial charge < -0.3 is 10.1 Å².